The molecule has 3 amide bonds. The van der Waals surface area contributed by atoms with Crippen molar-refractivity contribution in [2.45, 2.75) is 6.92 Å². The number of aliphatic imine (C=N–C) groups is 1. The lowest BCUT2D eigenvalue weighted by Crippen LogP contribution is -2.20. The topological polar surface area (TPSA) is 99.2 Å². The molecule has 5 rings (SSSR count). The summed E-state index contributed by atoms with van der Waals surface area (Å²) < 4.78 is 42.1. The Bertz CT molecular complexity index is 1540. The Labute approximate surface area is 196 Å². The number of hydrogen-bond acceptors (Lipinski definition) is 3. The van der Waals surface area contributed by atoms with Crippen LogP contribution >= 0.6 is 0 Å². The fourth-order valence-electron chi connectivity index (χ4n) is 3.84. The van der Waals surface area contributed by atoms with E-state index >= 15 is 4.39 Å². The minimum atomic E-state index is -0.877. The minimum Gasteiger partial charge on any atom is -0.342 e. The highest BCUT2D eigenvalue weighted by molar-refractivity contribution is 6.19. The molecule has 0 unspecified atom stereocenters. The highest BCUT2D eigenvalue weighted by Crippen LogP contribution is 2.36. The van der Waals surface area contributed by atoms with E-state index in [-0.39, 0.29) is 16.9 Å². The molecule has 1 aliphatic rings. The van der Waals surface area contributed by atoms with Gasteiger partial charge in [0.05, 0.1) is 11.3 Å². The highest BCUT2D eigenvalue weighted by Gasteiger charge is 2.26. The Morgan fingerprint density at radius 1 is 0.914 bits per heavy atom. The maximum absolute atomic E-state index is 15.1. The number of halogens is 3. The monoisotopic (exact) mass is 475 g/mol. The molecule has 1 aliphatic heterocycles. The molecule has 7 nitrogen and oxygen atoms in total. The number of carbonyl (C=O) groups is 2. The number of carbonyl (C=O) groups excluding carboxylic acids is 2. The molecular formula is C25H16F3N5O2. The van der Waals surface area contributed by atoms with Crippen LogP contribution in [0.5, 0.6) is 0 Å². The summed E-state index contributed by atoms with van der Waals surface area (Å²) in [7, 11) is 0. The number of urea groups is 1. The maximum atomic E-state index is 15.1. The van der Waals surface area contributed by atoms with Crippen LogP contribution in [0.4, 0.5) is 29.3 Å². The standard InChI is InChI=1S/C25H16F3N5O2/c1-12-10-29-23(31-12)17-6-5-15(18-11-30-24(34)22(17)18)16-4-3-14(9-20(16)28)32-25(35)33-21-8-13(26)2-7-19(21)27/h2-11H,1H3,(H,29,31)(H2,32,33,35). The normalized spacial score (nSPS) is 12.1. The zero-order chi connectivity index (χ0) is 24.7. The molecule has 3 N–H and O–H groups in total. The van der Waals surface area contributed by atoms with Crippen molar-refractivity contribution >= 4 is 29.5 Å². The summed E-state index contributed by atoms with van der Waals surface area (Å²) in [5.74, 6) is -2.16. The SMILES string of the molecule is Cc1cnc(-c2ccc(-c3ccc(NC(=O)Nc4cc(F)ccc4F)cc3F)c3c2C(=O)N=C3)[nH]1. The summed E-state index contributed by atoms with van der Waals surface area (Å²) in [6.45, 7) is 1.84. The van der Waals surface area contributed by atoms with Crippen LogP contribution in [0.25, 0.3) is 22.5 Å². The predicted molar refractivity (Wildman–Crippen MR) is 125 cm³/mol. The molecule has 0 bridgehead atoms. The zero-order valence-electron chi connectivity index (χ0n) is 18.1. The van der Waals surface area contributed by atoms with Crippen LogP contribution in [0.3, 0.4) is 0 Å². The van der Waals surface area contributed by atoms with Crippen molar-refractivity contribution in [1.82, 2.24) is 9.97 Å². The molecule has 0 radical (unpaired) electrons. The average molecular weight is 475 g/mol. The first kappa shape index (κ1) is 22.1. The summed E-state index contributed by atoms with van der Waals surface area (Å²) in [6, 6.07) is 9.07. The van der Waals surface area contributed by atoms with Crippen molar-refractivity contribution in [3.8, 4) is 22.5 Å². The first-order valence-electron chi connectivity index (χ1n) is 10.4. The van der Waals surface area contributed by atoms with Crippen molar-refractivity contribution < 1.29 is 22.8 Å². The molecular weight excluding hydrogens is 459 g/mol. The van der Waals surface area contributed by atoms with E-state index < -0.39 is 29.4 Å². The van der Waals surface area contributed by atoms with E-state index in [9.17, 15) is 18.4 Å². The molecule has 1 aromatic heterocycles. The molecule has 2 heterocycles. The molecule has 0 spiro atoms. The molecule has 35 heavy (non-hydrogen) atoms. The van der Waals surface area contributed by atoms with Crippen molar-refractivity contribution in [2.75, 3.05) is 10.6 Å². The van der Waals surface area contributed by atoms with Crippen LogP contribution in [0.2, 0.25) is 0 Å². The number of fused-ring (bicyclic) bond motifs is 1. The van der Waals surface area contributed by atoms with Gasteiger partial charge < -0.3 is 15.6 Å². The van der Waals surface area contributed by atoms with Crippen LogP contribution in [0, 0.1) is 24.4 Å². The number of hydrogen-bond donors (Lipinski definition) is 3. The van der Waals surface area contributed by atoms with Crippen LogP contribution in [-0.2, 0) is 0 Å². The highest BCUT2D eigenvalue weighted by atomic mass is 19.1. The molecule has 0 saturated carbocycles. The van der Waals surface area contributed by atoms with E-state index in [1.807, 2.05) is 6.92 Å². The number of amides is 3. The van der Waals surface area contributed by atoms with E-state index in [1.165, 1.54) is 18.3 Å². The third-order valence-corrected chi connectivity index (χ3v) is 5.42. The summed E-state index contributed by atoms with van der Waals surface area (Å²) >= 11 is 0. The van der Waals surface area contributed by atoms with Gasteiger partial charge in [-0.1, -0.05) is 6.07 Å². The third-order valence-electron chi connectivity index (χ3n) is 5.42. The van der Waals surface area contributed by atoms with E-state index in [0.29, 0.717) is 28.1 Å². The second kappa shape index (κ2) is 8.56. The smallest absolute Gasteiger partial charge is 0.323 e. The summed E-state index contributed by atoms with van der Waals surface area (Å²) in [5.41, 5.74) is 2.51. The second-order valence-corrected chi connectivity index (χ2v) is 7.83. The summed E-state index contributed by atoms with van der Waals surface area (Å²) in [5, 5.41) is 4.55. The van der Waals surface area contributed by atoms with Crippen LogP contribution in [0.1, 0.15) is 21.6 Å². The molecule has 4 aromatic rings. The maximum Gasteiger partial charge on any atom is 0.323 e. The van der Waals surface area contributed by atoms with Crippen LogP contribution < -0.4 is 10.6 Å². The van der Waals surface area contributed by atoms with Gasteiger partial charge in [-0.05, 0) is 48.9 Å². The summed E-state index contributed by atoms with van der Waals surface area (Å²) in [4.78, 5) is 35.9. The van der Waals surface area contributed by atoms with Gasteiger partial charge in [0.15, 0.2) is 0 Å². The molecule has 3 aromatic carbocycles. The van der Waals surface area contributed by atoms with Gasteiger partial charge in [0, 0.05) is 46.5 Å². The van der Waals surface area contributed by atoms with Crippen LogP contribution in [0.15, 0.2) is 59.7 Å². The lowest BCUT2D eigenvalue weighted by Gasteiger charge is -2.13. The van der Waals surface area contributed by atoms with E-state index in [2.05, 4.69) is 25.6 Å². The Morgan fingerprint density at radius 2 is 1.69 bits per heavy atom. The zero-order valence-corrected chi connectivity index (χ0v) is 18.1. The predicted octanol–water partition coefficient (Wildman–Crippen LogP) is 5.69. The van der Waals surface area contributed by atoms with Gasteiger partial charge in [-0.3, -0.25) is 4.79 Å². The molecule has 174 valence electrons. The fraction of sp³-hybridized carbons (Fsp3) is 0.0400. The first-order chi connectivity index (χ1) is 16.8. The number of H-pyrrole nitrogens is 1. The summed E-state index contributed by atoms with van der Waals surface area (Å²) in [6.07, 6.45) is 3.03. The molecule has 0 atom stereocenters. The van der Waals surface area contributed by atoms with Crippen molar-refractivity contribution in [3.05, 3.63) is 89.0 Å². The number of benzene rings is 3. The fourth-order valence-corrected chi connectivity index (χ4v) is 3.84. The molecule has 0 aliphatic carbocycles. The van der Waals surface area contributed by atoms with Gasteiger partial charge in [0.1, 0.15) is 23.3 Å². The van der Waals surface area contributed by atoms with Gasteiger partial charge in [-0.2, -0.15) is 0 Å². The minimum absolute atomic E-state index is 0.0876. The number of rotatable bonds is 4. The Kier molecular flexibility index (Phi) is 5.40. The number of nitrogens with zero attached hydrogens (tertiary/aromatic N) is 2. The third kappa shape index (κ3) is 4.17. The van der Waals surface area contributed by atoms with E-state index in [4.69, 9.17) is 0 Å². The number of imidazole rings is 1. The lowest BCUT2D eigenvalue weighted by atomic mass is 9.92. The van der Waals surface area contributed by atoms with E-state index in [1.54, 1.807) is 18.3 Å². The second-order valence-electron chi connectivity index (χ2n) is 7.83. The van der Waals surface area contributed by atoms with E-state index in [0.717, 1.165) is 30.0 Å². The Hall–Kier alpha value is -4.73. The molecule has 0 saturated heterocycles. The molecule has 0 fully saturated rings. The van der Waals surface area contributed by atoms with Crippen molar-refractivity contribution in [2.24, 2.45) is 4.99 Å². The number of aromatic amines is 1. The Balaban J connectivity index is 1.43. The largest absolute Gasteiger partial charge is 0.342 e. The molecule has 10 heteroatoms. The van der Waals surface area contributed by atoms with Crippen molar-refractivity contribution in [1.29, 1.82) is 0 Å². The number of aryl methyl sites for hydroxylation is 1. The average Bonchev–Trinajstić information content (AvgIpc) is 3.42. The lowest BCUT2D eigenvalue weighted by molar-refractivity contribution is 0.101. The number of anilines is 2. The van der Waals surface area contributed by atoms with Gasteiger partial charge in [-0.15, -0.1) is 0 Å². The van der Waals surface area contributed by atoms with Gasteiger partial charge in [-0.25, -0.2) is 27.9 Å². The number of nitrogens with one attached hydrogen (secondary N) is 3. The quantitative estimate of drug-likeness (QED) is 0.354. The van der Waals surface area contributed by atoms with Crippen LogP contribution in [-0.4, -0.2) is 28.1 Å². The van der Waals surface area contributed by atoms with Crippen molar-refractivity contribution in [3.63, 3.8) is 0 Å². The Morgan fingerprint density at radius 3 is 2.43 bits per heavy atom. The number of aromatic nitrogens is 2. The van der Waals surface area contributed by atoms with Gasteiger partial charge in [0.2, 0.25) is 0 Å². The van der Waals surface area contributed by atoms with Gasteiger partial charge in [0.25, 0.3) is 5.91 Å². The first-order valence-corrected chi connectivity index (χ1v) is 10.4. The van der Waals surface area contributed by atoms with Gasteiger partial charge >= 0.3 is 6.03 Å².